The molecule has 3 heteroatoms. The molecule has 0 aromatic carbocycles. The molecule has 1 N–H and O–H groups in total. The predicted octanol–water partition coefficient (Wildman–Crippen LogP) is 1.77. The summed E-state index contributed by atoms with van der Waals surface area (Å²) in [7, 11) is 0. The van der Waals surface area contributed by atoms with E-state index in [1.807, 2.05) is 4.90 Å². The lowest BCUT2D eigenvalue weighted by Crippen LogP contribution is -2.63. The van der Waals surface area contributed by atoms with E-state index >= 15 is 0 Å². The van der Waals surface area contributed by atoms with E-state index in [0.717, 1.165) is 25.8 Å². The van der Waals surface area contributed by atoms with Gasteiger partial charge in [-0.15, -0.1) is 0 Å². The number of piperidine rings is 1. The number of carbonyl (C=O) groups is 1. The fourth-order valence-electron chi connectivity index (χ4n) is 3.01. The molecule has 15 heavy (non-hydrogen) atoms. The second-order valence-electron chi connectivity index (χ2n) is 5.76. The van der Waals surface area contributed by atoms with E-state index in [4.69, 9.17) is 0 Å². The summed E-state index contributed by atoms with van der Waals surface area (Å²) in [6.07, 6.45) is 3.06. The molecule has 0 bridgehead atoms. The average Bonchev–Trinajstić information content (AvgIpc) is 2.00. The Balaban J connectivity index is 2.85. The fraction of sp³-hybridized carbons (Fsp3) is 0.917. The number of nitrogens with one attached hydrogen (secondary N) is 1. The number of amides is 1. The van der Waals surface area contributed by atoms with E-state index in [1.165, 1.54) is 0 Å². The molecule has 0 aliphatic carbocycles. The first kappa shape index (κ1) is 12.5. The van der Waals surface area contributed by atoms with Crippen molar-refractivity contribution in [1.29, 1.82) is 0 Å². The summed E-state index contributed by atoms with van der Waals surface area (Å²) in [5, 5.41) is 3.50. The Morgan fingerprint density at radius 2 is 1.73 bits per heavy atom. The maximum absolute atomic E-state index is 11.2. The van der Waals surface area contributed by atoms with Crippen molar-refractivity contribution in [2.75, 3.05) is 6.54 Å². The second kappa shape index (κ2) is 4.12. The van der Waals surface area contributed by atoms with Crippen LogP contribution < -0.4 is 5.32 Å². The average molecular weight is 212 g/mol. The minimum Gasteiger partial charge on any atom is -0.335 e. The van der Waals surface area contributed by atoms with Gasteiger partial charge in [0, 0.05) is 17.1 Å². The topological polar surface area (TPSA) is 32.3 Å². The molecular weight excluding hydrogens is 188 g/mol. The normalized spacial score (nSPS) is 25.3. The van der Waals surface area contributed by atoms with E-state index in [2.05, 4.69) is 39.9 Å². The number of rotatable bonds is 3. The van der Waals surface area contributed by atoms with Crippen LogP contribution in [0.1, 0.15) is 47.5 Å². The lowest BCUT2D eigenvalue weighted by molar-refractivity contribution is -0.135. The Labute approximate surface area is 93.2 Å². The lowest BCUT2D eigenvalue weighted by atomic mass is 9.77. The zero-order chi connectivity index (χ0) is 11.7. The Morgan fingerprint density at radius 1 is 1.27 bits per heavy atom. The van der Waals surface area contributed by atoms with Gasteiger partial charge in [0.25, 0.3) is 0 Å². The highest BCUT2D eigenvalue weighted by Crippen LogP contribution is 2.36. The predicted molar refractivity (Wildman–Crippen MR) is 62.8 cm³/mol. The molecule has 3 nitrogen and oxygen atoms in total. The first-order chi connectivity index (χ1) is 6.83. The molecule has 88 valence electrons. The van der Waals surface area contributed by atoms with Crippen LogP contribution >= 0.6 is 0 Å². The van der Waals surface area contributed by atoms with Crippen LogP contribution in [0.25, 0.3) is 0 Å². The molecule has 1 heterocycles. The number of hydrogen-bond donors (Lipinski definition) is 1. The standard InChI is InChI=1S/C12H24N2O/c1-6-13-10-7-11(2,3)14(9-15)12(4,5)8-10/h9-10,13H,6-8H2,1-5H3. The van der Waals surface area contributed by atoms with E-state index in [-0.39, 0.29) is 11.1 Å². The van der Waals surface area contributed by atoms with Gasteiger partial charge in [0.15, 0.2) is 0 Å². The maximum Gasteiger partial charge on any atom is 0.210 e. The number of hydrogen-bond acceptors (Lipinski definition) is 2. The fourth-order valence-corrected chi connectivity index (χ4v) is 3.01. The number of nitrogens with zero attached hydrogens (tertiary/aromatic N) is 1. The summed E-state index contributed by atoms with van der Waals surface area (Å²) in [5.74, 6) is 0. The summed E-state index contributed by atoms with van der Waals surface area (Å²) >= 11 is 0. The highest BCUT2D eigenvalue weighted by Gasteiger charge is 2.44. The minimum absolute atomic E-state index is 0.0453. The molecule has 0 aromatic heterocycles. The molecule has 1 fully saturated rings. The van der Waals surface area contributed by atoms with Gasteiger partial charge in [0.2, 0.25) is 6.41 Å². The quantitative estimate of drug-likeness (QED) is 0.723. The van der Waals surface area contributed by atoms with Crippen LogP contribution in [-0.2, 0) is 4.79 Å². The molecule has 0 saturated carbocycles. The van der Waals surface area contributed by atoms with Crippen molar-refractivity contribution >= 4 is 6.41 Å². The van der Waals surface area contributed by atoms with Crippen LogP contribution in [0.3, 0.4) is 0 Å². The Hall–Kier alpha value is -0.570. The van der Waals surface area contributed by atoms with Gasteiger partial charge in [0.05, 0.1) is 0 Å². The van der Waals surface area contributed by atoms with Crippen molar-refractivity contribution < 1.29 is 4.79 Å². The summed E-state index contributed by atoms with van der Waals surface area (Å²) in [6.45, 7) is 11.7. The summed E-state index contributed by atoms with van der Waals surface area (Å²) in [4.78, 5) is 13.1. The molecule has 0 spiro atoms. The van der Waals surface area contributed by atoms with Crippen LogP contribution in [0.2, 0.25) is 0 Å². The molecule has 1 amide bonds. The molecule has 1 aliphatic heterocycles. The Morgan fingerprint density at radius 3 is 2.07 bits per heavy atom. The van der Waals surface area contributed by atoms with E-state index in [0.29, 0.717) is 6.04 Å². The van der Waals surface area contributed by atoms with Gasteiger partial charge in [-0.1, -0.05) is 6.92 Å². The second-order valence-corrected chi connectivity index (χ2v) is 5.76. The van der Waals surface area contributed by atoms with Crippen LogP contribution in [0, 0.1) is 0 Å². The van der Waals surface area contributed by atoms with Crippen LogP contribution in [0.5, 0.6) is 0 Å². The van der Waals surface area contributed by atoms with Crippen molar-refractivity contribution in [2.45, 2.75) is 64.6 Å². The van der Waals surface area contributed by atoms with E-state index in [9.17, 15) is 4.79 Å². The van der Waals surface area contributed by atoms with Gasteiger partial charge in [-0.25, -0.2) is 0 Å². The highest BCUT2D eigenvalue weighted by atomic mass is 16.1. The monoisotopic (exact) mass is 212 g/mol. The van der Waals surface area contributed by atoms with Gasteiger partial charge < -0.3 is 10.2 Å². The van der Waals surface area contributed by atoms with E-state index < -0.39 is 0 Å². The summed E-state index contributed by atoms with van der Waals surface area (Å²) in [5.41, 5.74) is -0.0906. The highest BCUT2D eigenvalue weighted by molar-refractivity contribution is 5.51. The Kier molecular flexibility index (Phi) is 3.44. The Bertz CT molecular complexity index is 218. The van der Waals surface area contributed by atoms with Crippen molar-refractivity contribution in [2.24, 2.45) is 0 Å². The van der Waals surface area contributed by atoms with Crippen LogP contribution in [-0.4, -0.2) is 35.0 Å². The SMILES string of the molecule is CCNC1CC(C)(C)N(C=O)C(C)(C)C1. The molecule has 0 radical (unpaired) electrons. The van der Waals surface area contributed by atoms with Crippen LogP contribution in [0.15, 0.2) is 0 Å². The van der Waals surface area contributed by atoms with Gasteiger partial charge in [-0.2, -0.15) is 0 Å². The van der Waals surface area contributed by atoms with E-state index in [1.54, 1.807) is 0 Å². The van der Waals surface area contributed by atoms with Crippen molar-refractivity contribution in [1.82, 2.24) is 10.2 Å². The van der Waals surface area contributed by atoms with Gasteiger partial charge in [-0.3, -0.25) is 4.79 Å². The minimum atomic E-state index is -0.0453. The largest absolute Gasteiger partial charge is 0.335 e. The van der Waals surface area contributed by atoms with Crippen molar-refractivity contribution in [3.8, 4) is 0 Å². The van der Waals surface area contributed by atoms with Gasteiger partial charge >= 0.3 is 0 Å². The van der Waals surface area contributed by atoms with Crippen molar-refractivity contribution in [3.05, 3.63) is 0 Å². The zero-order valence-corrected chi connectivity index (χ0v) is 10.6. The molecule has 1 rings (SSSR count). The number of carbonyl (C=O) groups excluding carboxylic acids is 1. The third-order valence-electron chi connectivity index (χ3n) is 3.39. The first-order valence-electron chi connectivity index (χ1n) is 5.81. The number of likely N-dealkylation sites (tertiary alicyclic amines) is 1. The van der Waals surface area contributed by atoms with Gasteiger partial charge in [0.1, 0.15) is 0 Å². The smallest absolute Gasteiger partial charge is 0.210 e. The summed E-state index contributed by atoms with van der Waals surface area (Å²) in [6, 6.07) is 0.524. The molecule has 0 unspecified atom stereocenters. The third kappa shape index (κ3) is 2.51. The van der Waals surface area contributed by atoms with Crippen LogP contribution in [0.4, 0.5) is 0 Å². The van der Waals surface area contributed by atoms with Crippen molar-refractivity contribution in [3.63, 3.8) is 0 Å². The van der Waals surface area contributed by atoms with Gasteiger partial charge in [-0.05, 0) is 47.1 Å². The first-order valence-corrected chi connectivity index (χ1v) is 5.81. The maximum atomic E-state index is 11.2. The molecule has 1 aliphatic rings. The molecule has 0 atom stereocenters. The molecule has 1 saturated heterocycles. The zero-order valence-electron chi connectivity index (χ0n) is 10.6. The third-order valence-corrected chi connectivity index (χ3v) is 3.39. The molecule has 0 aromatic rings. The molecular formula is C12H24N2O. The summed E-state index contributed by atoms with van der Waals surface area (Å²) < 4.78 is 0. The lowest BCUT2D eigenvalue weighted by Gasteiger charge is -2.53.